The Hall–Kier alpha value is -2.86. The van der Waals surface area contributed by atoms with Gasteiger partial charge in [-0.3, -0.25) is 0 Å². The molecule has 178 valence electrons. The molecule has 9 nitrogen and oxygen atoms in total. The maximum atomic E-state index is 14.8. The molecule has 3 aromatic rings. The summed E-state index contributed by atoms with van der Waals surface area (Å²) in [6.07, 6.45) is 6.67. The molecular formula is C22H22BrFN6O3S. The van der Waals surface area contributed by atoms with E-state index in [0.29, 0.717) is 30.6 Å². The van der Waals surface area contributed by atoms with Gasteiger partial charge in [0.05, 0.1) is 20.5 Å². The zero-order valence-corrected chi connectivity index (χ0v) is 20.7. The summed E-state index contributed by atoms with van der Waals surface area (Å²) >= 11 is 3.35. The number of ether oxygens (including phenoxy) is 1. The molecule has 1 fully saturated rings. The van der Waals surface area contributed by atoms with Crippen molar-refractivity contribution in [1.82, 2.24) is 19.9 Å². The third-order valence-electron chi connectivity index (χ3n) is 5.86. The van der Waals surface area contributed by atoms with Crippen LogP contribution in [0.4, 0.5) is 16.2 Å². The fraction of sp³-hybridized carbons (Fsp3) is 0.364. The van der Waals surface area contributed by atoms with Gasteiger partial charge in [0.1, 0.15) is 17.7 Å². The van der Waals surface area contributed by atoms with Crippen molar-refractivity contribution in [1.29, 1.82) is 0 Å². The highest BCUT2D eigenvalue weighted by molar-refractivity contribution is 9.10. The van der Waals surface area contributed by atoms with Gasteiger partial charge in [0.25, 0.3) is 0 Å². The van der Waals surface area contributed by atoms with E-state index < -0.39 is 15.7 Å². The molecule has 12 heteroatoms. The number of anilines is 2. The molecule has 0 saturated carbocycles. The molecule has 5 rings (SSSR count). The molecule has 0 radical (unpaired) electrons. The van der Waals surface area contributed by atoms with Crippen molar-refractivity contribution in [3.8, 4) is 17.3 Å². The third-order valence-corrected chi connectivity index (χ3v) is 7.38. The summed E-state index contributed by atoms with van der Waals surface area (Å²) in [5.74, 6) is 1.20. The Bertz CT molecular complexity index is 1330. The number of fused-ring (bicyclic) bond motifs is 1. The minimum atomic E-state index is -3.52. The number of aromatic nitrogens is 4. The summed E-state index contributed by atoms with van der Waals surface area (Å²) < 4.78 is 45.4. The number of sulfone groups is 1. The van der Waals surface area contributed by atoms with E-state index in [4.69, 9.17) is 4.74 Å². The van der Waals surface area contributed by atoms with Gasteiger partial charge in [-0.05, 0) is 40.5 Å². The number of hydrogen-bond donors (Lipinski definition) is 1. The van der Waals surface area contributed by atoms with Crippen molar-refractivity contribution in [2.24, 2.45) is 0 Å². The normalized spacial score (nSPS) is 16.3. The molecule has 0 aliphatic carbocycles. The summed E-state index contributed by atoms with van der Waals surface area (Å²) in [6.45, 7) is 2.18. The maximum Gasteiger partial charge on any atom is 0.225 e. The fourth-order valence-corrected chi connectivity index (χ4v) is 4.90. The van der Waals surface area contributed by atoms with Gasteiger partial charge in [-0.25, -0.2) is 27.8 Å². The van der Waals surface area contributed by atoms with Gasteiger partial charge in [-0.2, -0.15) is 4.98 Å². The lowest BCUT2D eigenvalue weighted by Gasteiger charge is -2.32. The predicted octanol–water partition coefficient (Wildman–Crippen LogP) is 3.25. The first-order valence-corrected chi connectivity index (χ1v) is 13.5. The topological polar surface area (TPSA) is 110 Å². The maximum absolute atomic E-state index is 14.8. The second kappa shape index (κ2) is 9.06. The van der Waals surface area contributed by atoms with E-state index >= 15 is 0 Å². The van der Waals surface area contributed by atoms with Crippen molar-refractivity contribution >= 4 is 37.5 Å². The second-order valence-corrected chi connectivity index (χ2v) is 11.2. The van der Waals surface area contributed by atoms with Crippen molar-refractivity contribution in [2.45, 2.75) is 30.3 Å². The Kier molecular flexibility index (Phi) is 6.11. The van der Waals surface area contributed by atoms with E-state index in [1.165, 1.54) is 12.1 Å². The van der Waals surface area contributed by atoms with Crippen LogP contribution in [-0.2, 0) is 16.3 Å². The van der Waals surface area contributed by atoms with Crippen LogP contribution < -0.4 is 15.0 Å². The second-order valence-electron chi connectivity index (χ2n) is 8.28. The first-order chi connectivity index (χ1) is 16.3. The standard InChI is InChI=1S/C22H22BrFN6O3S/c1-34(31,32)15-2-3-16(18(24)10-15)20-28-19-17(4-7-25-19)21(29-20)33-14-5-8-30(9-6-14)22-26-11-13(23)12-27-22/h2-3,10-12,14H,4-9H2,1H3,(H,25,28,29). The smallest absolute Gasteiger partial charge is 0.225 e. The zero-order valence-electron chi connectivity index (χ0n) is 18.3. The van der Waals surface area contributed by atoms with E-state index in [0.717, 1.165) is 48.3 Å². The molecule has 0 amide bonds. The summed E-state index contributed by atoms with van der Waals surface area (Å²) in [5.41, 5.74) is 0.992. The van der Waals surface area contributed by atoms with Crippen LogP contribution in [-0.4, -0.2) is 60.3 Å². The minimum absolute atomic E-state index is 0.0587. The first-order valence-electron chi connectivity index (χ1n) is 10.8. The first kappa shape index (κ1) is 22.9. The Balaban J connectivity index is 1.37. The van der Waals surface area contributed by atoms with E-state index in [2.05, 4.69) is 46.1 Å². The van der Waals surface area contributed by atoms with Crippen LogP contribution in [0.3, 0.4) is 0 Å². The van der Waals surface area contributed by atoms with Crippen LogP contribution in [0.1, 0.15) is 18.4 Å². The van der Waals surface area contributed by atoms with Gasteiger partial charge < -0.3 is 15.0 Å². The Morgan fingerprint density at radius 3 is 2.59 bits per heavy atom. The van der Waals surface area contributed by atoms with Crippen LogP contribution in [0.25, 0.3) is 11.4 Å². The zero-order chi connectivity index (χ0) is 23.9. The monoisotopic (exact) mass is 548 g/mol. The van der Waals surface area contributed by atoms with Gasteiger partial charge in [0, 0.05) is 51.1 Å². The molecule has 4 heterocycles. The fourth-order valence-electron chi connectivity index (χ4n) is 4.07. The molecular weight excluding hydrogens is 527 g/mol. The van der Waals surface area contributed by atoms with Gasteiger partial charge in [0.15, 0.2) is 15.7 Å². The van der Waals surface area contributed by atoms with Crippen molar-refractivity contribution in [2.75, 3.05) is 36.1 Å². The lowest BCUT2D eigenvalue weighted by molar-refractivity contribution is 0.162. The minimum Gasteiger partial charge on any atom is -0.474 e. The third kappa shape index (κ3) is 4.69. The molecule has 1 N–H and O–H groups in total. The average molecular weight is 549 g/mol. The summed E-state index contributed by atoms with van der Waals surface area (Å²) in [7, 11) is -3.52. The van der Waals surface area contributed by atoms with Crippen LogP contribution in [0.5, 0.6) is 5.88 Å². The molecule has 0 bridgehead atoms. The number of benzene rings is 1. The highest BCUT2D eigenvalue weighted by Crippen LogP contribution is 2.34. The largest absolute Gasteiger partial charge is 0.474 e. The molecule has 0 unspecified atom stereocenters. The lowest BCUT2D eigenvalue weighted by Crippen LogP contribution is -2.39. The Morgan fingerprint density at radius 2 is 1.91 bits per heavy atom. The number of piperidine rings is 1. The molecule has 2 aliphatic rings. The number of nitrogens with one attached hydrogen (secondary N) is 1. The highest BCUT2D eigenvalue weighted by atomic mass is 79.9. The molecule has 0 atom stereocenters. The van der Waals surface area contributed by atoms with E-state index in [1.54, 1.807) is 12.4 Å². The summed E-state index contributed by atoms with van der Waals surface area (Å²) in [5, 5.41) is 3.20. The number of rotatable bonds is 5. The molecule has 1 saturated heterocycles. The van der Waals surface area contributed by atoms with Gasteiger partial charge in [0.2, 0.25) is 11.8 Å². The number of nitrogens with zero attached hydrogens (tertiary/aromatic N) is 5. The van der Waals surface area contributed by atoms with Crippen LogP contribution >= 0.6 is 15.9 Å². The molecule has 0 spiro atoms. The van der Waals surface area contributed by atoms with Gasteiger partial charge in [-0.15, -0.1) is 0 Å². The number of hydrogen-bond acceptors (Lipinski definition) is 9. The van der Waals surface area contributed by atoms with E-state index in [1.807, 2.05) is 0 Å². The average Bonchev–Trinajstić information content (AvgIpc) is 3.29. The highest BCUT2D eigenvalue weighted by Gasteiger charge is 2.27. The van der Waals surface area contributed by atoms with Gasteiger partial charge >= 0.3 is 0 Å². The van der Waals surface area contributed by atoms with Crippen molar-refractivity contribution < 1.29 is 17.5 Å². The Labute approximate surface area is 204 Å². The molecule has 34 heavy (non-hydrogen) atoms. The van der Waals surface area contributed by atoms with Gasteiger partial charge in [-0.1, -0.05) is 0 Å². The van der Waals surface area contributed by atoms with Crippen molar-refractivity contribution in [3.05, 3.63) is 46.4 Å². The molecule has 2 aliphatic heterocycles. The predicted molar refractivity (Wildman–Crippen MR) is 128 cm³/mol. The molecule has 1 aromatic carbocycles. The Morgan fingerprint density at radius 1 is 1.18 bits per heavy atom. The van der Waals surface area contributed by atoms with E-state index in [9.17, 15) is 12.8 Å². The molecule has 2 aromatic heterocycles. The van der Waals surface area contributed by atoms with Crippen LogP contribution in [0, 0.1) is 5.82 Å². The van der Waals surface area contributed by atoms with Crippen molar-refractivity contribution in [3.63, 3.8) is 0 Å². The van der Waals surface area contributed by atoms with E-state index in [-0.39, 0.29) is 22.4 Å². The lowest BCUT2D eigenvalue weighted by atomic mass is 10.1. The van der Waals surface area contributed by atoms with Crippen LogP contribution in [0.2, 0.25) is 0 Å². The summed E-state index contributed by atoms with van der Waals surface area (Å²) in [6, 6.07) is 3.75. The quantitative estimate of drug-likeness (QED) is 0.513. The summed E-state index contributed by atoms with van der Waals surface area (Å²) in [4.78, 5) is 19.7. The number of halogens is 2. The SMILES string of the molecule is CS(=O)(=O)c1ccc(-c2nc3c(c(OC4CCN(c5ncc(Br)cn5)CC4)n2)CCN3)c(F)c1. The van der Waals surface area contributed by atoms with Crippen LogP contribution in [0.15, 0.2) is 40.0 Å².